The first-order chi connectivity index (χ1) is 14.8. The molecule has 1 aliphatic rings. The zero-order valence-corrected chi connectivity index (χ0v) is 17.5. The summed E-state index contributed by atoms with van der Waals surface area (Å²) in [6.45, 7) is 0.984. The highest BCUT2D eigenvalue weighted by Gasteiger charge is 2.44. The lowest BCUT2D eigenvalue weighted by atomic mass is 9.61. The molecule has 0 amide bonds. The molecule has 2 nitrogen and oxygen atoms in total. The molecule has 2 atom stereocenters. The van der Waals surface area contributed by atoms with Crippen molar-refractivity contribution < 1.29 is 0 Å². The molecule has 2 unspecified atom stereocenters. The predicted molar refractivity (Wildman–Crippen MR) is 123 cm³/mol. The molecule has 3 aromatic carbocycles. The van der Waals surface area contributed by atoms with E-state index in [9.17, 15) is 5.26 Å². The van der Waals surface area contributed by atoms with Gasteiger partial charge in [0.1, 0.15) is 5.41 Å². The topological polar surface area (TPSA) is 35.8 Å². The van der Waals surface area contributed by atoms with Crippen LogP contribution in [0.25, 0.3) is 0 Å². The van der Waals surface area contributed by atoms with Gasteiger partial charge in [0.15, 0.2) is 0 Å². The average Bonchev–Trinajstić information content (AvgIpc) is 2.82. The third-order valence-electron chi connectivity index (χ3n) is 6.61. The van der Waals surface area contributed by atoms with E-state index in [4.69, 9.17) is 0 Å². The van der Waals surface area contributed by atoms with E-state index in [1.165, 1.54) is 12.0 Å². The summed E-state index contributed by atoms with van der Waals surface area (Å²) in [6.07, 6.45) is 5.52. The Morgan fingerprint density at radius 3 is 1.93 bits per heavy atom. The number of hydrogen-bond donors (Lipinski definition) is 1. The highest BCUT2D eigenvalue weighted by molar-refractivity contribution is 5.47. The van der Waals surface area contributed by atoms with E-state index in [0.29, 0.717) is 12.0 Å². The van der Waals surface area contributed by atoms with Gasteiger partial charge >= 0.3 is 0 Å². The van der Waals surface area contributed by atoms with Crippen molar-refractivity contribution in [3.63, 3.8) is 0 Å². The van der Waals surface area contributed by atoms with Crippen LogP contribution in [-0.4, -0.2) is 12.6 Å². The van der Waals surface area contributed by atoms with E-state index >= 15 is 0 Å². The highest BCUT2D eigenvalue weighted by atomic mass is 14.9. The van der Waals surface area contributed by atoms with Crippen LogP contribution in [0.5, 0.6) is 0 Å². The Morgan fingerprint density at radius 1 is 0.800 bits per heavy atom. The first-order valence-corrected chi connectivity index (χ1v) is 11.1. The van der Waals surface area contributed by atoms with Gasteiger partial charge in [0.25, 0.3) is 0 Å². The van der Waals surface area contributed by atoms with Gasteiger partial charge in [0.2, 0.25) is 0 Å². The Balaban J connectivity index is 1.54. The number of nitriles is 1. The van der Waals surface area contributed by atoms with Crippen molar-refractivity contribution in [3.05, 3.63) is 108 Å². The first kappa shape index (κ1) is 20.4. The molecule has 1 aliphatic carbocycles. The first-order valence-electron chi connectivity index (χ1n) is 11.1. The minimum absolute atomic E-state index is 0.301. The Bertz CT molecular complexity index is 905. The molecule has 0 radical (unpaired) electrons. The largest absolute Gasteiger partial charge is 0.314 e. The number of benzene rings is 3. The number of nitrogens with zero attached hydrogens (tertiary/aromatic N) is 1. The molecule has 0 bridgehead atoms. The Hall–Kier alpha value is -2.89. The quantitative estimate of drug-likeness (QED) is 0.542. The lowest BCUT2D eigenvalue weighted by Gasteiger charge is -2.41. The second-order valence-electron chi connectivity index (χ2n) is 8.40. The molecule has 0 aliphatic heterocycles. The summed E-state index contributed by atoms with van der Waals surface area (Å²) in [4.78, 5) is 0. The molecule has 30 heavy (non-hydrogen) atoms. The van der Waals surface area contributed by atoms with Gasteiger partial charge in [-0.25, -0.2) is 0 Å². The predicted octanol–water partition coefficient (Wildman–Crippen LogP) is 5.89. The van der Waals surface area contributed by atoms with E-state index in [2.05, 4.69) is 90.2 Å². The maximum absolute atomic E-state index is 10.6. The van der Waals surface area contributed by atoms with Crippen LogP contribution in [-0.2, 0) is 11.8 Å². The molecule has 0 spiro atoms. The molecule has 1 N–H and O–H groups in total. The minimum Gasteiger partial charge on any atom is -0.314 e. The van der Waals surface area contributed by atoms with Crippen LogP contribution < -0.4 is 5.32 Å². The third-order valence-corrected chi connectivity index (χ3v) is 6.61. The summed E-state index contributed by atoms with van der Waals surface area (Å²) in [7, 11) is 0. The van der Waals surface area contributed by atoms with Crippen LogP contribution in [0.2, 0.25) is 0 Å². The van der Waals surface area contributed by atoms with E-state index in [0.717, 1.165) is 43.4 Å². The van der Waals surface area contributed by atoms with Crippen LogP contribution in [0, 0.1) is 17.2 Å². The number of rotatable bonds is 7. The standard InChI is InChI=1S/C28H30N2/c29-22-28(24-13-6-2-7-14-24,25-15-8-3-9-16-25)26-17-10-18-27(21-26)30-20-19-23-11-4-1-5-12-23/h1-9,11-16,26-27,30H,10,17-21H2. The van der Waals surface area contributed by atoms with Crippen LogP contribution in [0.1, 0.15) is 42.4 Å². The van der Waals surface area contributed by atoms with Gasteiger partial charge < -0.3 is 5.32 Å². The lowest BCUT2D eigenvalue weighted by Crippen LogP contribution is -2.43. The Morgan fingerprint density at radius 2 is 1.37 bits per heavy atom. The van der Waals surface area contributed by atoms with E-state index < -0.39 is 5.41 Å². The average molecular weight is 395 g/mol. The van der Waals surface area contributed by atoms with E-state index in [1.54, 1.807) is 0 Å². The van der Waals surface area contributed by atoms with Crippen molar-refractivity contribution >= 4 is 0 Å². The maximum atomic E-state index is 10.6. The van der Waals surface area contributed by atoms with E-state index in [-0.39, 0.29) is 0 Å². The Kier molecular flexibility index (Phi) is 6.62. The van der Waals surface area contributed by atoms with Gasteiger partial charge in [-0.05, 0) is 54.8 Å². The van der Waals surface area contributed by atoms with Gasteiger partial charge in [0.05, 0.1) is 6.07 Å². The fourth-order valence-electron chi connectivity index (χ4n) is 5.09. The van der Waals surface area contributed by atoms with Gasteiger partial charge in [-0.3, -0.25) is 0 Å². The van der Waals surface area contributed by atoms with E-state index in [1.807, 2.05) is 12.1 Å². The molecule has 2 heteroatoms. The van der Waals surface area contributed by atoms with Crippen molar-refractivity contribution in [1.29, 1.82) is 5.26 Å². The lowest BCUT2D eigenvalue weighted by molar-refractivity contribution is 0.235. The van der Waals surface area contributed by atoms with Crippen molar-refractivity contribution in [1.82, 2.24) is 5.32 Å². The third kappa shape index (κ3) is 4.32. The number of hydrogen-bond acceptors (Lipinski definition) is 2. The Labute approximate surface area is 180 Å². The SMILES string of the molecule is N#CC(c1ccccc1)(c1ccccc1)C1CCCC(NCCc2ccccc2)C1. The normalized spacial score (nSPS) is 19.2. The smallest absolute Gasteiger partial charge is 0.110 e. The summed E-state index contributed by atoms with van der Waals surface area (Å²) in [5.74, 6) is 0.301. The summed E-state index contributed by atoms with van der Waals surface area (Å²) in [6, 6.07) is 34.7. The summed E-state index contributed by atoms with van der Waals surface area (Å²) in [5.41, 5.74) is 3.02. The summed E-state index contributed by atoms with van der Waals surface area (Å²) in [5, 5.41) is 14.4. The van der Waals surface area contributed by atoms with Crippen LogP contribution in [0.3, 0.4) is 0 Å². The second kappa shape index (κ2) is 9.74. The summed E-state index contributed by atoms with van der Waals surface area (Å²) >= 11 is 0. The molecular formula is C28H30N2. The fourth-order valence-corrected chi connectivity index (χ4v) is 5.09. The summed E-state index contributed by atoms with van der Waals surface area (Å²) < 4.78 is 0. The second-order valence-corrected chi connectivity index (χ2v) is 8.40. The van der Waals surface area contributed by atoms with Crippen LogP contribution in [0.4, 0.5) is 0 Å². The molecule has 0 heterocycles. The van der Waals surface area contributed by atoms with Gasteiger partial charge in [-0.15, -0.1) is 0 Å². The molecule has 3 aromatic rings. The molecule has 1 saturated carbocycles. The molecule has 152 valence electrons. The van der Waals surface area contributed by atoms with Crippen molar-refractivity contribution in [2.45, 2.75) is 43.6 Å². The maximum Gasteiger partial charge on any atom is 0.110 e. The highest BCUT2D eigenvalue weighted by Crippen LogP contribution is 2.45. The van der Waals surface area contributed by atoms with Gasteiger partial charge in [-0.2, -0.15) is 5.26 Å². The monoisotopic (exact) mass is 394 g/mol. The van der Waals surface area contributed by atoms with Crippen LogP contribution in [0.15, 0.2) is 91.0 Å². The van der Waals surface area contributed by atoms with Crippen molar-refractivity contribution in [2.75, 3.05) is 6.54 Å². The molecule has 0 saturated heterocycles. The van der Waals surface area contributed by atoms with Gasteiger partial charge in [0, 0.05) is 6.04 Å². The van der Waals surface area contributed by atoms with Gasteiger partial charge in [-0.1, -0.05) is 97.4 Å². The molecular weight excluding hydrogens is 364 g/mol. The van der Waals surface area contributed by atoms with Crippen molar-refractivity contribution in [3.8, 4) is 6.07 Å². The zero-order valence-electron chi connectivity index (χ0n) is 17.5. The number of nitrogens with one attached hydrogen (secondary N) is 1. The minimum atomic E-state index is -0.595. The zero-order chi connectivity index (χ0) is 20.7. The molecule has 1 fully saturated rings. The molecule has 0 aromatic heterocycles. The molecule has 4 rings (SSSR count). The van der Waals surface area contributed by atoms with Crippen LogP contribution >= 0.6 is 0 Å². The fraction of sp³-hybridized carbons (Fsp3) is 0.321. The van der Waals surface area contributed by atoms with Crippen molar-refractivity contribution in [2.24, 2.45) is 5.92 Å².